The predicted octanol–water partition coefficient (Wildman–Crippen LogP) is 1.82. The Morgan fingerprint density at radius 3 is 2.53 bits per heavy atom. The molecule has 1 aliphatic rings. The van der Waals surface area contributed by atoms with Gasteiger partial charge in [-0.2, -0.15) is 0 Å². The Kier molecular flexibility index (Phi) is 4.58. The molecule has 1 amide bonds. The molecular weight excluding hydrogens is 188 g/mol. The van der Waals surface area contributed by atoms with Crippen molar-refractivity contribution in [1.29, 1.82) is 0 Å². The topological polar surface area (TPSA) is 41.1 Å². The third kappa shape index (κ3) is 4.20. The molecule has 3 heteroatoms. The maximum absolute atomic E-state index is 11.5. The lowest BCUT2D eigenvalue weighted by atomic mass is 10.0. The SMILES string of the molecule is CCC(C)NC(=O)CNC1(C)CCCC1. The van der Waals surface area contributed by atoms with Crippen LogP contribution in [0.1, 0.15) is 52.9 Å². The first-order valence-corrected chi connectivity index (χ1v) is 6.10. The van der Waals surface area contributed by atoms with Crippen LogP contribution in [0.2, 0.25) is 0 Å². The normalized spacial score (nSPS) is 21.3. The Hall–Kier alpha value is -0.570. The molecule has 2 N–H and O–H groups in total. The first kappa shape index (κ1) is 12.5. The molecule has 1 aliphatic carbocycles. The number of carbonyl (C=O) groups is 1. The van der Waals surface area contributed by atoms with E-state index in [-0.39, 0.29) is 17.5 Å². The van der Waals surface area contributed by atoms with E-state index >= 15 is 0 Å². The summed E-state index contributed by atoms with van der Waals surface area (Å²) in [6, 6.07) is 0.288. The second-order valence-electron chi connectivity index (χ2n) is 5.00. The van der Waals surface area contributed by atoms with Crippen LogP contribution in [0.15, 0.2) is 0 Å². The van der Waals surface area contributed by atoms with Crippen molar-refractivity contribution in [3.05, 3.63) is 0 Å². The van der Waals surface area contributed by atoms with Gasteiger partial charge in [-0.3, -0.25) is 4.79 Å². The van der Waals surface area contributed by atoms with Crippen LogP contribution in [0.4, 0.5) is 0 Å². The van der Waals surface area contributed by atoms with Crippen LogP contribution in [-0.2, 0) is 4.79 Å². The molecule has 0 bridgehead atoms. The van der Waals surface area contributed by atoms with E-state index in [4.69, 9.17) is 0 Å². The summed E-state index contributed by atoms with van der Waals surface area (Å²) in [4.78, 5) is 11.5. The molecule has 15 heavy (non-hydrogen) atoms. The van der Waals surface area contributed by atoms with Gasteiger partial charge in [0.2, 0.25) is 5.91 Å². The van der Waals surface area contributed by atoms with Gasteiger partial charge >= 0.3 is 0 Å². The molecule has 0 radical (unpaired) electrons. The number of rotatable bonds is 5. The van der Waals surface area contributed by atoms with E-state index in [1.54, 1.807) is 0 Å². The number of nitrogens with one attached hydrogen (secondary N) is 2. The van der Waals surface area contributed by atoms with Crippen molar-refractivity contribution >= 4 is 5.91 Å². The fraction of sp³-hybridized carbons (Fsp3) is 0.917. The Bertz CT molecular complexity index is 210. The first-order valence-electron chi connectivity index (χ1n) is 6.10. The third-order valence-electron chi connectivity index (χ3n) is 3.40. The van der Waals surface area contributed by atoms with Crippen molar-refractivity contribution in [3.63, 3.8) is 0 Å². The van der Waals surface area contributed by atoms with Crippen molar-refractivity contribution in [1.82, 2.24) is 10.6 Å². The van der Waals surface area contributed by atoms with Gasteiger partial charge in [0, 0.05) is 11.6 Å². The summed E-state index contributed by atoms with van der Waals surface area (Å²) >= 11 is 0. The smallest absolute Gasteiger partial charge is 0.234 e. The minimum atomic E-state index is 0.123. The number of hydrogen-bond donors (Lipinski definition) is 2. The lowest BCUT2D eigenvalue weighted by Crippen LogP contribution is -2.46. The van der Waals surface area contributed by atoms with Gasteiger partial charge in [-0.15, -0.1) is 0 Å². The molecular formula is C12H24N2O. The first-order chi connectivity index (χ1) is 7.06. The van der Waals surface area contributed by atoms with Gasteiger partial charge in [0.1, 0.15) is 0 Å². The molecule has 0 aromatic heterocycles. The van der Waals surface area contributed by atoms with Gasteiger partial charge in [-0.25, -0.2) is 0 Å². The molecule has 1 saturated carbocycles. The average molecular weight is 212 g/mol. The maximum Gasteiger partial charge on any atom is 0.234 e. The summed E-state index contributed by atoms with van der Waals surface area (Å²) in [7, 11) is 0. The minimum Gasteiger partial charge on any atom is -0.353 e. The summed E-state index contributed by atoms with van der Waals surface area (Å²) in [5.41, 5.74) is 0.201. The molecule has 3 nitrogen and oxygen atoms in total. The highest BCUT2D eigenvalue weighted by atomic mass is 16.1. The monoisotopic (exact) mass is 212 g/mol. The highest BCUT2D eigenvalue weighted by Gasteiger charge is 2.28. The van der Waals surface area contributed by atoms with E-state index in [1.807, 2.05) is 6.92 Å². The summed E-state index contributed by atoms with van der Waals surface area (Å²) in [5, 5.41) is 6.34. The fourth-order valence-electron chi connectivity index (χ4n) is 2.05. The highest BCUT2D eigenvalue weighted by Crippen LogP contribution is 2.28. The van der Waals surface area contributed by atoms with Crippen LogP contribution < -0.4 is 10.6 Å². The van der Waals surface area contributed by atoms with Gasteiger partial charge in [0.25, 0.3) is 0 Å². The zero-order chi connectivity index (χ0) is 11.3. The molecule has 0 heterocycles. The lowest BCUT2D eigenvalue weighted by molar-refractivity contribution is -0.121. The fourth-order valence-corrected chi connectivity index (χ4v) is 2.05. The van der Waals surface area contributed by atoms with Crippen LogP contribution in [-0.4, -0.2) is 24.0 Å². The Balaban J connectivity index is 2.21. The van der Waals surface area contributed by atoms with E-state index in [0.29, 0.717) is 6.54 Å². The van der Waals surface area contributed by atoms with Crippen LogP contribution in [0.3, 0.4) is 0 Å². The van der Waals surface area contributed by atoms with E-state index in [2.05, 4.69) is 24.5 Å². The maximum atomic E-state index is 11.5. The van der Waals surface area contributed by atoms with E-state index in [9.17, 15) is 4.79 Å². The third-order valence-corrected chi connectivity index (χ3v) is 3.40. The molecule has 1 rings (SSSR count). The summed E-state index contributed by atoms with van der Waals surface area (Å²) in [6.07, 6.45) is 5.96. The molecule has 0 aliphatic heterocycles. The lowest BCUT2D eigenvalue weighted by Gasteiger charge is -2.25. The van der Waals surface area contributed by atoms with Crippen LogP contribution in [0.25, 0.3) is 0 Å². The molecule has 0 spiro atoms. The van der Waals surface area contributed by atoms with Crippen LogP contribution >= 0.6 is 0 Å². The zero-order valence-electron chi connectivity index (χ0n) is 10.2. The van der Waals surface area contributed by atoms with Crippen LogP contribution in [0.5, 0.6) is 0 Å². The summed E-state index contributed by atoms with van der Waals surface area (Å²) in [6.45, 7) is 6.79. The second-order valence-corrected chi connectivity index (χ2v) is 5.00. The summed E-state index contributed by atoms with van der Waals surface area (Å²) in [5.74, 6) is 0.123. The molecule has 0 aromatic rings. The molecule has 1 fully saturated rings. The molecule has 0 saturated heterocycles. The largest absolute Gasteiger partial charge is 0.353 e. The molecule has 1 atom stereocenters. The quantitative estimate of drug-likeness (QED) is 0.730. The standard InChI is InChI=1S/C12H24N2O/c1-4-10(2)14-11(15)9-13-12(3)7-5-6-8-12/h10,13H,4-9H2,1-3H3,(H,14,15). The van der Waals surface area contributed by atoms with Crippen molar-refractivity contribution < 1.29 is 4.79 Å². The van der Waals surface area contributed by atoms with Gasteiger partial charge in [0.15, 0.2) is 0 Å². The zero-order valence-corrected chi connectivity index (χ0v) is 10.2. The second kappa shape index (κ2) is 5.50. The van der Waals surface area contributed by atoms with E-state index < -0.39 is 0 Å². The Morgan fingerprint density at radius 1 is 1.40 bits per heavy atom. The van der Waals surface area contributed by atoms with Crippen molar-refractivity contribution in [2.24, 2.45) is 0 Å². The molecule has 88 valence electrons. The minimum absolute atomic E-state index is 0.123. The van der Waals surface area contributed by atoms with E-state index in [1.165, 1.54) is 25.7 Å². The van der Waals surface area contributed by atoms with Crippen molar-refractivity contribution in [2.45, 2.75) is 64.5 Å². The average Bonchev–Trinajstić information content (AvgIpc) is 2.63. The molecule has 0 aromatic carbocycles. The van der Waals surface area contributed by atoms with Gasteiger partial charge in [0.05, 0.1) is 6.54 Å². The Morgan fingerprint density at radius 2 is 2.00 bits per heavy atom. The van der Waals surface area contributed by atoms with E-state index in [0.717, 1.165) is 6.42 Å². The Labute approximate surface area is 93.0 Å². The highest BCUT2D eigenvalue weighted by molar-refractivity contribution is 5.78. The van der Waals surface area contributed by atoms with Crippen LogP contribution in [0, 0.1) is 0 Å². The van der Waals surface area contributed by atoms with Gasteiger partial charge < -0.3 is 10.6 Å². The summed E-state index contributed by atoms with van der Waals surface area (Å²) < 4.78 is 0. The van der Waals surface area contributed by atoms with Gasteiger partial charge in [-0.05, 0) is 33.1 Å². The number of carbonyl (C=O) groups excluding carboxylic acids is 1. The number of amides is 1. The predicted molar refractivity (Wildman–Crippen MR) is 62.8 cm³/mol. The van der Waals surface area contributed by atoms with Crippen molar-refractivity contribution in [2.75, 3.05) is 6.54 Å². The molecule has 1 unspecified atom stereocenters. The van der Waals surface area contributed by atoms with Crippen molar-refractivity contribution in [3.8, 4) is 0 Å². The number of hydrogen-bond acceptors (Lipinski definition) is 2. The van der Waals surface area contributed by atoms with Gasteiger partial charge in [-0.1, -0.05) is 19.8 Å².